The maximum absolute atomic E-state index is 1.86. The standard InChI is InChI=1S/C28H40/c1-5-13-21-23-15-7-2-8-16-24-22(14-6-1)26-18-10-3-9-17-25(21)27(23)19-11-4-12-20-28(24)26/h1-20H2. The second kappa shape index (κ2) is 8.76. The Balaban J connectivity index is 1.51. The lowest BCUT2D eigenvalue weighted by Crippen LogP contribution is -2.17. The van der Waals surface area contributed by atoms with E-state index in [-0.39, 0.29) is 0 Å². The average Bonchev–Trinajstić information content (AvgIpc) is 2.68. The predicted molar refractivity (Wildman–Crippen MR) is 120 cm³/mol. The van der Waals surface area contributed by atoms with Crippen LogP contribution in [0.1, 0.15) is 128 Å². The van der Waals surface area contributed by atoms with Gasteiger partial charge < -0.3 is 0 Å². The van der Waals surface area contributed by atoms with E-state index >= 15 is 0 Å². The number of allylic oxidation sites excluding steroid dienone is 8. The van der Waals surface area contributed by atoms with Gasteiger partial charge in [0, 0.05) is 0 Å². The van der Waals surface area contributed by atoms with Crippen LogP contribution in [-0.2, 0) is 0 Å². The molecule has 0 unspecified atom stereocenters. The first-order chi connectivity index (χ1) is 13.9. The summed E-state index contributed by atoms with van der Waals surface area (Å²) in [7, 11) is 0. The Morgan fingerprint density at radius 2 is 0.321 bits per heavy atom. The summed E-state index contributed by atoms with van der Waals surface area (Å²) in [4.78, 5) is 0. The van der Waals surface area contributed by atoms with Crippen molar-refractivity contribution in [3.8, 4) is 0 Å². The minimum atomic E-state index is 1.40. The summed E-state index contributed by atoms with van der Waals surface area (Å²) in [6, 6.07) is 0. The maximum Gasteiger partial charge on any atom is -0.0273 e. The molecule has 6 aliphatic carbocycles. The van der Waals surface area contributed by atoms with E-state index in [0.29, 0.717) is 0 Å². The van der Waals surface area contributed by atoms with Crippen LogP contribution in [0, 0.1) is 0 Å². The summed E-state index contributed by atoms with van der Waals surface area (Å²) in [6.45, 7) is 0. The van der Waals surface area contributed by atoms with Crippen molar-refractivity contribution < 1.29 is 0 Å². The van der Waals surface area contributed by atoms with E-state index in [1.54, 1.807) is 0 Å². The molecule has 0 amide bonds. The van der Waals surface area contributed by atoms with Gasteiger partial charge in [0.25, 0.3) is 0 Å². The van der Waals surface area contributed by atoms with Gasteiger partial charge in [-0.05, 0) is 147 Å². The fraction of sp³-hybridized carbons (Fsp3) is 0.714. The second-order valence-corrected chi connectivity index (χ2v) is 10.1. The molecule has 0 N–H and O–H groups in total. The van der Waals surface area contributed by atoms with E-state index in [1.165, 1.54) is 128 Å². The number of rotatable bonds is 0. The van der Waals surface area contributed by atoms with Gasteiger partial charge in [-0.2, -0.15) is 0 Å². The number of fused-ring (bicyclic) bond motifs is 16. The molecule has 6 rings (SSSR count). The summed E-state index contributed by atoms with van der Waals surface area (Å²) in [5, 5.41) is 0. The molecule has 0 aromatic heterocycles. The first-order valence-electron chi connectivity index (χ1n) is 12.8. The highest BCUT2D eigenvalue weighted by Crippen LogP contribution is 2.49. The van der Waals surface area contributed by atoms with Crippen molar-refractivity contribution in [1.29, 1.82) is 0 Å². The van der Waals surface area contributed by atoms with Crippen molar-refractivity contribution in [3.05, 3.63) is 44.6 Å². The lowest BCUT2D eigenvalue weighted by Gasteiger charge is -2.36. The van der Waals surface area contributed by atoms with E-state index in [0.717, 1.165) is 0 Å². The first kappa shape index (κ1) is 19.0. The Kier molecular flexibility index (Phi) is 5.93. The van der Waals surface area contributed by atoms with E-state index in [1.807, 2.05) is 44.6 Å². The monoisotopic (exact) mass is 376 g/mol. The van der Waals surface area contributed by atoms with Crippen LogP contribution in [0.3, 0.4) is 0 Å². The normalized spacial score (nSPS) is 27.4. The summed E-state index contributed by atoms with van der Waals surface area (Å²) >= 11 is 0. The molecule has 0 aromatic rings. The molecule has 2 saturated carbocycles. The van der Waals surface area contributed by atoms with Gasteiger partial charge in [0.1, 0.15) is 0 Å². The van der Waals surface area contributed by atoms with Crippen molar-refractivity contribution in [3.63, 3.8) is 0 Å². The summed E-state index contributed by atoms with van der Waals surface area (Å²) in [6.07, 6.45) is 28.4. The largest absolute Gasteiger partial charge is 0.0527 e. The smallest absolute Gasteiger partial charge is 0.0273 e. The molecule has 0 aliphatic heterocycles. The molecule has 28 heavy (non-hydrogen) atoms. The summed E-state index contributed by atoms with van der Waals surface area (Å²) in [5.41, 5.74) is 14.9. The van der Waals surface area contributed by atoms with Crippen LogP contribution in [0.2, 0.25) is 0 Å². The molecular weight excluding hydrogens is 336 g/mol. The van der Waals surface area contributed by atoms with Crippen molar-refractivity contribution in [2.24, 2.45) is 0 Å². The van der Waals surface area contributed by atoms with Gasteiger partial charge >= 0.3 is 0 Å². The topological polar surface area (TPSA) is 0 Å². The average molecular weight is 377 g/mol. The van der Waals surface area contributed by atoms with Crippen LogP contribution in [0.25, 0.3) is 0 Å². The molecule has 0 aromatic carbocycles. The number of hydrogen-bond donors (Lipinski definition) is 0. The molecule has 6 aliphatic rings. The fourth-order valence-corrected chi connectivity index (χ4v) is 6.87. The van der Waals surface area contributed by atoms with E-state index in [4.69, 9.17) is 0 Å². The van der Waals surface area contributed by atoms with Gasteiger partial charge in [-0.15, -0.1) is 0 Å². The quantitative estimate of drug-likeness (QED) is 0.395. The molecule has 152 valence electrons. The van der Waals surface area contributed by atoms with Crippen LogP contribution in [0.4, 0.5) is 0 Å². The zero-order chi connectivity index (χ0) is 18.8. The van der Waals surface area contributed by atoms with Gasteiger partial charge in [0.05, 0.1) is 0 Å². The molecular formula is C28H40. The lowest BCUT2D eigenvalue weighted by molar-refractivity contribution is 0.574. The first-order valence-corrected chi connectivity index (χ1v) is 12.8. The summed E-state index contributed by atoms with van der Waals surface area (Å²) < 4.78 is 0. The van der Waals surface area contributed by atoms with Crippen LogP contribution in [-0.4, -0.2) is 0 Å². The van der Waals surface area contributed by atoms with Gasteiger partial charge in [-0.3, -0.25) is 0 Å². The molecule has 0 heterocycles. The van der Waals surface area contributed by atoms with Crippen LogP contribution in [0.15, 0.2) is 44.6 Å². The Hall–Kier alpha value is -1.04. The maximum atomic E-state index is 1.86. The Morgan fingerprint density at radius 1 is 0.179 bits per heavy atom. The van der Waals surface area contributed by atoms with Crippen LogP contribution < -0.4 is 0 Å². The zero-order valence-corrected chi connectivity index (χ0v) is 18.1. The van der Waals surface area contributed by atoms with Crippen LogP contribution >= 0.6 is 0 Å². The van der Waals surface area contributed by atoms with Gasteiger partial charge in [0.15, 0.2) is 0 Å². The van der Waals surface area contributed by atoms with Gasteiger partial charge in [0.2, 0.25) is 0 Å². The van der Waals surface area contributed by atoms with Crippen molar-refractivity contribution in [2.75, 3.05) is 0 Å². The SMILES string of the molecule is C1CCC2=C3CCCCCC4=C(CC1)C1=C4CCCCCC3=C2CCCCC1. The van der Waals surface area contributed by atoms with Gasteiger partial charge in [-0.25, -0.2) is 0 Å². The predicted octanol–water partition coefficient (Wildman–Crippen LogP) is 9.04. The molecule has 0 saturated heterocycles. The molecule has 0 atom stereocenters. The van der Waals surface area contributed by atoms with Crippen LogP contribution in [0.5, 0.6) is 0 Å². The Morgan fingerprint density at radius 3 is 0.464 bits per heavy atom. The minimum absolute atomic E-state index is 1.40. The third-order valence-corrected chi connectivity index (χ3v) is 8.33. The van der Waals surface area contributed by atoms with E-state index in [9.17, 15) is 0 Å². The van der Waals surface area contributed by atoms with Crippen molar-refractivity contribution >= 4 is 0 Å². The summed E-state index contributed by atoms with van der Waals surface area (Å²) in [5.74, 6) is 0. The Labute approximate surface area is 173 Å². The molecule has 0 radical (unpaired) electrons. The van der Waals surface area contributed by atoms with E-state index in [2.05, 4.69) is 0 Å². The molecule has 0 spiro atoms. The van der Waals surface area contributed by atoms with Crippen molar-refractivity contribution in [2.45, 2.75) is 128 Å². The highest BCUT2D eigenvalue weighted by atomic mass is 14.4. The molecule has 0 nitrogen and oxygen atoms in total. The third kappa shape index (κ3) is 3.61. The zero-order valence-electron chi connectivity index (χ0n) is 18.1. The third-order valence-electron chi connectivity index (χ3n) is 8.33. The number of hydrogen-bond acceptors (Lipinski definition) is 0. The highest BCUT2D eigenvalue weighted by molar-refractivity contribution is 5.61. The molecule has 2 fully saturated rings. The van der Waals surface area contributed by atoms with Gasteiger partial charge in [-0.1, -0.05) is 25.7 Å². The van der Waals surface area contributed by atoms with E-state index < -0.39 is 0 Å². The molecule has 0 heteroatoms. The minimum Gasteiger partial charge on any atom is -0.0527 e. The fourth-order valence-electron chi connectivity index (χ4n) is 6.87. The highest BCUT2D eigenvalue weighted by Gasteiger charge is 2.30. The van der Waals surface area contributed by atoms with Crippen molar-refractivity contribution in [1.82, 2.24) is 0 Å². The second-order valence-electron chi connectivity index (χ2n) is 10.1. The lowest BCUT2D eigenvalue weighted by atomic mass is 9.69. The Bertz CT molecular complexity index is 530. The molecule has 8 bridgehead atoms.